The minimum absolute atomic E-state index is 0.307. The average molecular weight is 425 g/mol. The van der Waals surface area contributed by atoms with Crippen LogP contribution in [0.1, 0.15) is 49.5 Å². The number of imide groups is 1. The maximum atomic E-state index is 13.0. The molecule has 1 aliphatic heterocycles. The van der Waals surface area contributed by atoms with Crippen LogP contribution in [-0.4, -0.2) is 51.5 Å². The second-order valence-electron chi connectivity index (χ2n) is 8.10. The van der Waals surface area contributed by atoms with E-state index in [-0.39, 0.29) is 12.5 Å². The SMILES string of the molecule is COc1ccccc1C(NC(=O)CN1C(=O)NC2(CCCCC2)C1=O)c1nccn1C. The lowest BCUT2D eigenvalue weighted by Crippen LogP contribution is -2.49. The van der Waals surface area contributed by atoms with Crippen molar-refractivity contribution >= 4 is 17.8 Å². The molecule has 2 fully saturated rings. The third kappa shape index (κ3) is 3.87. The summed E-state index contributed by atoms with van der Waals surface area (Å²) < 4.78 is 7.28. The third-order valence-corrected chi connectivity index (χ3v) is 6.13. The van der Waals surface area contributed by atoms with E-state index in [0.29, 0.717) is 24.4 Å². The Morgan fingerprint density at radius 2 is 2.00 bits per heavy atom. The summed E-state index contributed by atoms with van der Waals surface area (Å²) in [5, 5.41) is 5.77. The van der Waals surface area contributed by atoms with Crippen molar-refractivity contribution in [3.05, 3.63) is 48.0 Å². The lowest BCUT2D eigenvalue weighted by molar-refractivity contribution is -0.136. The van der Waals surface area contributed by atoms with Gasteiger partial charge < -0.3 is 19.9 Å². The Balaban J connectivity index is 1.55. The molecule has 1 aromatic heterocycles. The predicted molar refractivity (Wildman–Crippen MR) is 112 cm³/mol. The molecule has 9 nitrogen and oxygen atoms in total. The smallest absolute Gasteiger partial charge is 0.325 e. The number of hydrogen-bond acceptors (Lipinski definition) is 5. The number of ether oxygens (including phenoxy) is 1. The minimum atomic E-state index is -0.850. The van der Waals surface area contributed by atoms with Crippen LogP contribution in [0.25, 0.3) is 0 Å². The van der Waals surface area contributed by atoms with Gasteiger partial charge in [-0.2, -0.15) is 0 Å². The zero-order chi connectivity index (χ0) is 22.0. The Morgan fingerprint density at radius 1 is 1.26 bits per heavy atom. The number of methoxy groups -OCH3 is 1. The molecular formula is C22H27N5O4. The highest BCUT2D eigenvalue weighted by Crippen LogP contribution is 2.34. The van der Waals surface area contributed by atoms with Gasteiger partial charge in [-0.25, -0.2) is 9.78 Å². The lowest BCUT2D eigenvalue weighted by atomic mass is 9.82. The number of aromatic nitrogens is 2. The fourth-order valence-electron chi connectivity index (χ4n) is 4.51. The number of benzene rings is 1. The van der Waals surface area contributed by atoms with Crippen LogP contribution in [0.2, 0.25) is 0 Å². The molecule has 1 atom stereocenters. The highest BCUT2D eigenvalue weighted by atomic mass is 16.5. The molecule has 1 saturated heterocycles. The van der Waals surface area contributed by atoms with Crippen LogP contribution in [0.15, 0.2) is 36.7 Å². The Hall–Kier alpha value is -3.36. The van der Waals surface area contributed by atoms with E-state index in [1.165, 1.54) is 0 Å². The van der Waals surface area contributed by atoms with Crippen LogP contribution in [0, 0.1) is 0 Å². The van der Waals surface area contributed by atoms with Crippen LogP contribution >= 0.6 is 0 Å². The van der Waals surface area contributed by atoms with Crippen LogP contribution in [0.4, 0.5) is 4.79 Å². The Morgan fingerprint density at radius 3 is 2.68 bits per heavy atom. The molecule has 0 bridgehead atoms. The zero-order valence-corrected chi connectivity index (χ0v) is 17.8. The number of urea groups is 1. The summed E-state index contributed by atoms with van der Waals surface area (Å²) in [6.45, 7) is -0.345. The molecule has 2 N–H and O–H groups in total. The van der Waals surface area contributed by atoms with Gasteiger partial charge in [-0.15, -0.1) is 0 Å². The predicted octanol–water partition coefficient (Wildman–Crippen LogP) is 1.89. The van der Waals surface area contributed by atoms with Gasteiger partial charge in [0.1, 0.15) is 29.7 Å². The van der Waals surface area contributed by atoms with Gasteiger partial charge in [-0.05, 0) is 18.9 Å². The third-order valence-electron chi connectivity index (χ3n) is 6.13. The number of hydrogen-bond donors (Lipinski definition) is 2. The molecule has 2 aromatic rings. The molecule has 31 heavy (non-hydrogen) atoms. The molecule has 1 saturated carbocycles. The number of imidazole rings is 1. The zero-order valence-electron chi connectivity index (χ0n) is 17.8. The van der Waals surface area contributed by atoms with Crippen LogP contribution in [-0.2, 0) is 16.6 Å². The number of nitrogens with zero attached hydrogens (tertiary/aromatic N) is 3. The van der Waals surface area contributed by atoms with Gasteiger partial charge in [0.25, 0.3) is 5.91 Å². The number of rotatable bonds is 6. The quantitative estimate of drug-likeness (QED) is 0.688. The molecule has 2 heterocycles. The van der Waals surface area contributed by atoms with E-state index in [0.717, 1.165) is 29.7 Å². The number of amides is 4. The van der Waals surface area contributed by atoms with E-state index in [4.69, 9.17) is 4.74 Å². The number of para-hydroxylation sites is 1. The first-order valence-corrected chi connectivity index (χ1v) is 10.5. The molecular weight excluding hydrogens is 398 g/mol. The van der Waals surface area contributed by atoms with Gasteiger partial charge in [0.2, 0.25) is 5.91 Å². The Kier molecular flexibility index (Phi) is 5.67. The van der Waals surface area contributed by atoms with Crippen LogP contribution < -0.4 is 15.4 Å². The first kappa shape index (κ1) is 20.9. The largest absolute Gasteiger partial charge is 0.496 e. The van der Waals surface area contributed by atoms with Crippen molar-refractivity contribution in [1.82, 2.24) is 25.1 Å². The molecule has 2 aliphatic rings. The summed E-state index contributed by atoms with van der Waals surface area (Å²) in [5.41, 5.74) is -0.120. The van der Waals surface area contributed by atoms with Crippen LogP contribution in [0.3, 0.4) is 0 Å². The summed E-state index contributed by atoms with van der Waals surface area (Å²) in [6, 6.07) is 6.24. The molecule has 1 unspecified atom stereocenters. The van der Waals surface area contributed by atoms with Crippen molar-refractivity contribution in [3.8, 4) is 5.75 Å². The van der Waals surface area contributed by atoms with E-state index in [2.05, 4.69) is 15.6 Å². The standard InChI is InChI=1S/C22H27N5O4/c1-26-13-12-23-19(26)18(15-8-4-5-9-16(15)31-2)24-17(28)14-27-20(29)22(25-21(27)30)10-6-3-7-11-22/h4-5,8-9,12-13,18H,3,6-7,10-11,14H2,1-2H3,(H,24,28)(H,25,30). The number of carbonyl (C=O) groups excluding carboxylic acids is 3. The second-order valence-corrected chi connectivity index (χ2v) is 8.10. The number of nitrogens with one attached hydrogen (secondary N) is 2. The molecule has 1 spiro atoms. The first-order valence-electron chi connectivity index (χ1n) is 10.5. The van der Waals surface area contributed by atoms with Crippen molar-refractivity contribution in [3.63, 3.8) is 0 Å². The van der Waals surface area contributed by atoms with Crippen molar-refractivity contribution in [2.24, 2.45) is 7.05 Å². The molecule has 1 aliphatic carbocycles. The highest BCUT2D eigenvalue weighted by molar-refractivity contribution is 6.09. The van der Waals surface area contributed by atoms with E-state index in [1.807, 2.05) is 35.9 Å². The lowest BCUT2D eigenvalue weighted by Gasteiger charge is -2.30. The molecule has 4 rings (SSSR count). The van der Waals surface area contributed by atoms with Crippen molar-refractivity contribution < 1.29 is 19.1 Å². The normalized spacial score (nSPS) is 18.7. The van der Waals surface area contributed by atoms with Crippen molar-refractivity contribution in [2.75, 3.05) is 13.7 Å². The van der Waals surface area contributed by atoms with E-state index >= 15 is 0 Å². The van der Waals surface area contributed by atoms with Gasteiger partial charge in [0, 0.05) is 25.0 Å². The second kappa shape index (κ2) is 8.41. The fourth-order valence-corrected chi connectivity index (χ4v) is 4.51. The summed E-state index contributed by atoms with van der Waals surface area (Å²) in [7, 11) is 3.40. The highest BCUT2D eigenvalue weighted by Gasteiger charge is 2.51. The molecule has 4 amide bonds. The first-order chi connectivity index (χ1) is 14.9. The monoisotopic (exact) mass is 425 g/mol. The molecule has 1 aromatic carbocycles. The minimum Gasteiger partial charge on any atom is -0.496 e. The van der Waals surface area contributed by atoms with Gasteiger partial charge in [0.05, 0.1) is 7.11 Å². The van der Waals surface area contributed by atoms with Gasteiger partial charge in [-0.1, -0.05) is 37.5 Å². The molecule has 164 valence electrons. The Labute approximate surface area is 180 Å². The summed E-state index contributed by atoms with van der Waals surface area (Å²) >= 11 is 0. The number of aryl methyl sites for hydroxylation is 1. The molecule has 0 radical (unpaired) electrons. The van der Waals surface area contributed by atoms with Crippen molar-refractivity contribution in [1.29, 1.82) is 0 Å². The molecule has 9 heteroatoms. The van der Waals surface area contributed by atoms with E-state index in [1.54, 1.807) is 19.5 Å². The summed E-state index contributed by atoms with van der Waals surface area (Å²) in [6.07, 6.45) is 7.50. The number of carbonyl (C=O) groups is 3. The van der Waals surface area contributed by atoms with E-state index < -0.39 is 23.5 Å². The van der Waals surface area contributed by atoms with Gasteiger partial charge in [-0.3, -0.25) is 14.5 Å². The summed E-state index contributed by atoms with van der Waals surface area (Å²) in [5.74, 6) is 0.458. The Bertz CT molecular complexity index is 995. The topological polar surface area (TPSA) is 106 Å². The van der Waals surface area contributed by atoms with Gasteiger partial charge in [0.15, 0.2) is 0 Å². The average Bonchev–Trinajstić information content (AvgIpc) is 3.29. The fraction of sp³-hybridized carbons (Fsp3) is 0.455. The summed E-state index contributed by atoms with van der Waals surface area (Å²) in [4.78, 5) is 43.9. The van der Waals surface area contributed by atoms with Crippen LogP contribution in [0.5, 0.6) is 5.75 Å². The van der Waals surface area contributed by atoms with Crippen molar-refractivity contribution in [2.45, 2.75) is 43.7 Å². The van der Waals surface area contributed by atoms with Gasteiger partial charge >= 0.3 is 6.03 Å². The maximum Gasteiger partial charge on any atom is 0.325 e. The maximum absolute atomic E-state index is 13.0. The van der Waals surface area contributed by atoms with E-state index in [9.17, 15) is 14.4 Å².